The van der Waals surface area contributed by atoms with Crippen molar-refractivity contribution in [2.24, 2.45) is 5.41 Å². The van der Waals surface area contributed by atoms with E-state index in [1.165, 1.54) is 0 Å². The van der Waals surface area contributed by atoms with E-state index < -0.39 is 5.97 Å². The summed E-state index contributed by atoms with van der Waals surface area (Å²) in [6.07, 6.45) is 0.792. The highest BCUT2D eigenvalue weighted by atomic mass is 16.5. The lowest BCUT2D eigenvalue weighted by Crippen LogP contribution is -2.34. The minimum absolute atomic E-state index is 0.0737. The second-order valence-corrected chi connectivity index (χ2v) is 4.28. The zero-order valence-corrected chi connectivity index (χ0v) is 10.1. The Balaban J connectivity index is 3.80. The predicted octanol–water partition coefficient (Wildman–Crippen LogP) is 1.49. The number of amides is 1. The maximum Gasteiger partial charge on any atom is 0.315 e. The van der Waals surface area contributed by atoms with Crippen LogP contribution in [0.2, 0.25) is 0 Å². The first-order chi connectivity index (χ1) is 6.91. The molecule has 1 N–H and O–H groups in total. The summed E-state index contributed by atoms with van der Waals surface area (Å²) in [5, 5.41) is 2.72. The Morgan fingerprint density at radius 2 is 1.87 bits per heavy atom. The van der Waals surface area contributed by atoms with Gasteiger partial charge in [-0.15, -0.1) is 0 Å². The maximum absolute atomic E-state index is 11.3. The summed E-state index contributed by atoms with van der Waals surface area (Å²) >= 11 is 0. The van der Waals surface area contributed by atoms with Crippen LogP contribution in [0.25, 0.3) is 0 Å². The Bertz CT molecular complexity index is 224. The zero-order chi connectivity index (χ0) is 11.9. The van der Waals surface area contributed by atoms with Crippen molar-refractivity contribution in [3.05, 3.63) is 0 Å². The smallest absolute Gasteiger partial charge is 0.315 e. The number of rotatable bonds is 6. The van der Waals surface area contributed by atoms with Gasteiger partial charge in [-0.05, 0) is 18.8 Å². The summed E-state index contributed by atoms with van der Waals surface area (Å²) in [6, 6.07) is 0. The molecule has 0 atom stereocenters. The average molecular weight is 215 g/mol. The molecule has 0 aromatic rings. The SMILES string of the molecule is CCOC(=O)CC(=O)NCC(C)(C)CC. The lowest BCUT2D eigenvalue weighted by Gasteiger charge is -2.22. The molecular formula is C11H21NO3. The summed E-state index contributed by atoms with van der Waals surface area (Å²) < 4.78 is 4.67. The molecule has 88 valence electrons. The van der Waals surface area contributed by atoms with Crippen molar-refractivity contribution in [1.82, 2.24) is 5.32 Å². The van der Waals surface area contributed by atoms with Crippen LogP contribution in [0, 0.1) is 5.41 Å². The molecule has 0 spiro atoms. The van der Waals surface area contributed by atoms with Gasteiger partial charge in [0.25, 0.3) is 0 Å². The highest BCUT2D eigenvalue weighted by Gasteiger charge is 2.17. The maximum atomic E-state index is 11.3. The fraction of sp³-hybridized carbons (Fsp3) is 0.818. The molecule has 0 aliphatic carbocycles. The number of hydrogen-bond donors (Lipinski definition) is 1. The number of carbonyl (C=O) groups excluding carboxylic acids is 2. The third kappa shape index (κ3) is 6.94. The van der Waals surface area contributed by atoms with E-state index >= 15 is 0 Å². The fourth-order valence-corrected chi connectivity index (χ4v) is 0.868. The topological polar surface area (TPSA) is 55.4 Å². The van der Waals surface area contributed by atoms with E-state index in [9.17, 15) is 9.59 Å². The Hall–Kier alpha value is -1.06. The lowest BCUT2D eigenvalue weighted by atomic mass is 9.90. The highest BCUT2D eigenvalue weighted by molar-refractivity contribution is 5.94. The lowest BCUT2D eigenvalue weighted by molar-refractivity contribution is -0.146. The third-order valence-corrected chi connectivity index (χ3v) is 2.33. The van der Waals surface area contributed by atoms with Gasteiger partial charge in [0.1, 0.15) is 6.42 Å². The van der Waals surface area contributed by atoms with Gasteiger partial charge in [-0.3, -0.25) is 9.59 Å². The van der Waals surface area contributed by atoms with E-state index in [1.54, 1.807) is 6.92 Å². The zero-order valence-electron chi connectivity index (χ0n) is 10.1. The molecule has 0 saturated heterocycles. The van der Waals surface area contributed by atoms with Crippen LogP contribution in [0.15, 0.2) is 0 Å². The summed E-state index contributed by atoms with van der Waals surface area (Å²) in [4.78, 5) is 22.2. The fourth-order valence-electron chi connectivity index (χ4n) is 0.868. The first-order valence-corrected chi connectivity index (χ1v) is 5.33. The molecule has 0 aromatic heterocycles. The van der Waals surface area contributed by atoms with E-state index in [0.29, 0.717) is 13.2 Å². The first-order valence-electron chi connectivity index (χ1n) is 5.33. The van der Waals surface area contributed by atoms with E-state index in [1.807, 2.05) is 0 Å². The number of nitrogens with one attached hydrogen (secondary N) is 1. The van der Waals surface area contributed by atoms with Gasteiger partial charge in [0.15, 0.2) is 0 Å². The molecule has 0 unspecified atom stereocenters. The second kappa shape index (κ2) is 6.43. The van der Waals surface area contributed by atoms with E-state index in [2.05, 4.69) is 30.8 Å². The Kier molecular flexibility index (Phi) is 5.97. The molecule has 0 aliphatic rings. The molecule has 1 amide bonds. The van der Waals surface area contributed by atoms with Gasteiger partial charge >= 0.3 is 5.97 Å². The molecule has 0 bridgehead atoms. The number of esters is 1. The van der Waals surface area contributed by atoms with Crippen LogP contribution in [0.1, 0.15) is 40.5 Å². The Morgan fingerprint density at radius 3 is 2.33 bits per heavy atom. The van der Waals surface area contributed by atoms with Crippen molar-refractivity contribution in [1.29, 1.82) is 0 Å². The largest absolute Gasteiger partial charge is 0.466 e. The van der Waals surface area contributed by atoms with Gasteiger partial charge in [0.2, 0.25) is 5.91 Å². The van der Waals surface area contributed by atoms with Crippen molar-refractivity contribution in [3.8, 4) is 0 Å². The van der Waals surface area contributed by atoms with Crippen molar-refractivity contribution in [2.45, 2.75) is 40.5 Å². The minimum Gasteiger partial charge on any atom is -0.466 e. The van der Waals surface area contributed by atoms with Crippen LogP contribution < -0.4 is 5.32 Å². The van der Waals surface area contributed by atoms with Gasteiger partial charge in [-0.25, -0.2) is 0 Å². The third-order valence-electron chi connectivity index (χ3n) is 2.33. The molecule has 0 saturated carbocycles. The standard InChI is InChI=1S/C11H21NO3/c1-5-11(3,4)8-12-9(13)7-10(14)15-6-2/h5-8H2,1-4H3,(H,12,13). The monoisotopic (exact) mass is 215 g/mol. The normalized spacial score (nSPS) is 10.9. The van der Waals surface area contributed by atoms with E-state index in [0.717, 1.165) is 6.42 Å². The molecular weight excluding hydrogens is 194 g/mol. The number of hydrogen-bond acceptors (Lipinski definition) is 3. The van der Waals surface area contributed by atoms with Gasteiger partial charge in [-0.2, -0.15) is 0 Å². The highest BCUT2D eigenvalue weighted by Crippen LogP contribution is 2.17. The summed E-state index contributed by atoms with van der Waals surface area (Å²) in [6.45, 7) is 8.82. The van der Waals surface area contributed by atoms with Crippen molar-refractivity contribution in [3.63, 3.8) is 0 Å². The van der Waals surface area contributed by atoms with Crippen LogP contribution >= 0.6 is 0 Å². The molecule has 0 heterocycles. The molecule has 0 aromatic carbocycles. The van der Waals surface area contributed by atoms with Crippen molar-refractivity contribution < 1.29 is 14.3 Å². The number of ether oxygens (including phenoxy) is 1. The van der Waals surface area contributed by atoms with Gasteiger partial charge in [0, 0.05) is 6.54 Å². The van der Waals surface area contributed by atoms with Crippen LogP contribution in [0.3, 0.4) is 0 Å². The second-order valence-electron chi connectivity index (χ2n) is 4.28. The molecule has 0 fully saturated rings. The van der Waals surface area contributed by atoms with Crippen molar-refractivity contribution >= 4 is 11.9 Å². The van der Waals surface area contributed by atoms with Crippen LogP contribution in [-0.4, -0.2) is 25.0 Å². The predicted molar refractivity (Wildman–Crippen MR) is 58.3 cm³/mol. The van der Waals surface area contributed by atoms with E-state index in [4.69, 9.17) is 0 Å². The average Bonchev–Trinajstić information content (AvgIpc) is 2.15. The summed E-state index contributed by atoms with van der Waals surface area (Å²) in [5.41, 5.74) is 0.0737. The molecule has 0 rings (SSSR count). The van der Waals surface area contributed by atoms with Gasteiger partial charge in [0.05, 0.1) is 6.61 Å². The summed E-state index contributed by atoms with van der Waals surface area (Å²) in [5.74, 6) is -0.737. The molecule has 0 radical (unpaired) electrons. The quantitative estimate of drug-likeness (QED) is 0.539. The first kappa shape index (κ1) is 13.9. The van der Waals surface area contributed by atoms with Crippen LogP contribution in [-0.2, 0) is 14.3 Å². The number of carbonyl (C=O) groups is 2. The Labute approximate surface area is 91.4 Å². The van der Waals surface area contributed by atoms with Crippen LogP contribution in [0.4, 0.5) is 0 Å². The Morgan fingerprint density at radius 1 is 1.27 bits per heavy atom. The summed E-state index contributed by atoms with van der Waals surface area (Å²) in [7, 11) is 0. The molecule has 0 aliphatic heterocycles. The molecule has 4 nitrogen and oxygen atoms in total. The van der Waals surface area contributed by atoms with Crippen molar-refractivity contribution in [2.75, 3.05) is 13.2 Å². The van der Waals surface area contributed by atoms with Gasteiger partial charge in [-0.1, -0.05) is 20.8 Å². The van der Waals surface area contributed by atoms with Gasteiger partial charge < -0.3 is 10.1 Å². The minimum atomic E-state index is -0.468. The van der Waals surface area contributed by atoms with E-state index in [-0.39, 0.29) is 17.7 Å². The molecule has 15 heavy (non-hydrogen) atoms. The van der Waals surface area contributed by atoms with Crippen LogP contribution in [0.5, 0.6) is 0 Å². The molecule has 4 heteroatoms.